The number of hydrogen-bond donors (Lipinski definition) is 3. The van der Waals surface area contributed by atoms with E-state index in [1.54, 1.807) is 0 Å². The molecule has 0 aromatic heterocycles. The van der Waals surface area contributed by atoms with E-state index in [2.05, 4.69) is 10.6 Å². The summed E-state index contributed by atoms with van der Waals surface area (Å²) in [5.74, 6) is 0.163. The predicted octanol–water partition coefficient (Wildman–Crippen LogP) is 0.925. The number of carbonyl (C=O) groups excluding carboxylic acids is 2. The van der Waals surface area contributed by atoms with Crippen LogP contribution in [0, 0.1) is 5.92 Å². The summed E-state index contributed by atoms with van der Waals surface area (Å²) in [6.45, 7) is 6.02. The van der Waals surface area contributed by atoms with Crippen LogP contribution in [0.15, 0.2) is 0 Å². The summed E-state index contributed by atoms with van der Waals surface area (Å²) >= 11 is 0. The maximum atomic E-state index is 11.9. The topological polar surface area (TPSA) is 84.2 Å². The molecule has 0 heterocycles. The molecule has 0 aromatic rings. The van der Waals surface area contributed by atoms with Gasteiger partial charge in [0.05, 0.1) is 0 Å². The highest BCUT2D eigenvalue weighted by Crippen LogP contribution is 2.24. The number of nitrogens with two attached hydrogens (primary N) is 1. The first kappa shape index (κ1) is 16.0. The Morgan fingerprint density at radius 2 is 1.89 bits per heavy atom. The largest absolute Gasteiger partial charge is 0.353 e. The average molecular weight is 269 g/mol. The van der Waals surface area contributed by atoms with Crippen LogP contribution in [0.4, 0.5) is 0 Å². The molecule has 5 heteroatoms. The maximum absolute atomic E-state index is 11.9. The normalized spacial score (nSPS) is 18.1. The van der Waals surface area contributed by atoms with Crippen LogP contribution >= 0.6 is 0 Å². The second-order valence-corrected chi connectivity index (χ2v) is 6.23. The average Bonchev–Trinajstić information content (AvgIpc) is 2.81. The summed E-state index contributed by atoms with van der Waals surface area (Å²) in [6.07, 6.45) is 4.52. The molecular weight excluding hydrogens is 242 g/mol. The molecule has 2 amide bonds. The van der Waals surface area contributed by atoms with Gasteiger partial charge in [0, 0.05) is 30.5 Å². The zero-order chi connectivity index (χ0) is 14.5. The molecule has 0 aromatic carbocycles. The van der Waals surface area contributed by atoms with Crippen molar-refractivity contribution in [3.8, 4) is 0 Å². The Kier molecular flexibility index (Phi) is 5.79. The Balaban J connectivity index is 2.32. The van der Waals surface area contributed by atoms with E-state index in [1.165, 1.54) is 0 Å². The smallest absolute Gasteiger partial charge is 0.223 e. The highest BCUT2D eigenvalue weighted by Gasteiger charge is 2.25. The Bertz CT molecular complexity index is 323. The second kappa shape index (κ2) is 6.89. The third kappa shape index (κ3) is 5.59. The van der Waals surface area contributed by atoms with E-state index in [0.717, 1.165) is 25.7 Å². The van der Waals surface area contributed by atoms with Crippen LogP contribution in [0.2, 0.25) is 0 Å². The van der Waals surface area contributed by atoms with Gasteiger partial charge in [-0.1, -0.05) is 12.8 Å². The van der Waals surface area contributed by atoms with Crippen molar-refractivity contribution in [1.82, 2.24) is 10.6 Å². The van der Waals surface area contributed by atoms with Gasteiger partial charge >= 0.3 is 0 Å². The quantitative estimate of drug-likeness (QED) is 0.670. The van der Waals surface area contributed by atoms with Crippen LogP contribution in [0.5, 0.6) is 0 Å². The van der Waals surface area contributed by atoms with Gasteiger partial charge in [-0.25, -0.2) is 0 Å². The fourth-order valence-corrected chi connectivity index (χ4v) is 2.36. The van der Waals surface area contributed by atoms with Crippen molar-refractivity contribution < 1.29 is 9.59 Å². The molecular formula is C14H27N3O2. The summed E-state index contributed by atoms with van der Waals surface area (Å²) < 4.78 is 0. The number of hydrogen-bond acceptors (Lipinski definition) is 3. The van der Waals surface area contributed by atoms with E-state index in [9.17, 15) is 9.59 Å². The standard InChI is InChI=1S/C14H27N3O2/c1-10(8-12(18)17-14(2,3)9-15)16-13(19)11-6-4-5-7-11/h10-11H,4-9,15H2,1-3H3,(H,16,19)(H,17,18). The number of amides is 2. The monoisotopic (exact) mass is 269 g/mol. The molecule has 0 spiro atoms. The zero-order valence-corrected chi connectivity index (χ0v) is 12.3. The summed E-state index contributed by atoms with van der Waals surface area (Å²) in [5, 5.41) is 5.79. The zero-order valence-electron chi connectivity index (χ0n) is 12.3. The molecule has 0 bridgehead atoms. The lowest BCUT2D eigenvalue weighted by molar-refractivity contribution is -0.126. The molecule has 1 atom stereocenters. The van der Waals surface area contributed by atoms with Gasteiger partial charge < -0.3 is 16.4 Å². The Labute approximate surface area is 115 Å². The first-order valence-electron chi connectivity index (χ1n) is 7.15. The molecule has 4 N–H and O–H groups in total. The van der Waals surface area contributed by atoms with Crippen LogP contribution in [-0.2, 0) is 9.59 Å². The Morgan fingerprint density at radius 3 is 2.42 bits per heavy atom. The number of rotatable bonds is 6. The Hall–Kier alpha value is -1.10. The van der Waals surface area contributed by atoms with Crippen molar-refractivity contribution in [3.63, 3.8) is 0 Å². The summed E-state index contributed by atoms with van der Waals surface area (Å²) in [4.78, 5) is 23.7. The highest BCUT2D eigenvalue weighted by atomic mass is 16.2. The van der Waals surface area contributed by atoms with Crippen molar-refractivity contribution in [2.24, 2.45) is 11.7 Å². The first-order valence-corrected chi connectivity index (χ1v) is 7.15. The van der Waals surface area contributed by atoms with Gasteiger partial charge in [-0.05, 0) is 33.6 Å². The third-order valence-corrected chi connectivity index (χ3v) is 3.59. The van der Waals surface area contributed by atoms with Crippen molar-refractivity contribution in [2.75, 3.05) is 6.54 Å². The molecule has 1 aliphatic carbocycles. The molecule has 1 rings (SSSR count). The van der Waals surface area contributed by atoms with Crippen molar-refractivity contribution >= 4 is 11.8 Å². The lowest BCUT2D eigenvalue weighted by Gasteiger charge is -2.25. The van der Waals surface area contributed by atoms with Gasteiger partial charge in [0.15, 0.2) is 0 Å². The van der Waals surface area contributed by atoms with Crippen LogP contribution < -0.4 is 16.4 Å². The maximum Gasteiger partial charge on any atom is 0.223 e. The number of carbonyl (C=O) groups is 2. The molecule has 1 unspecified atom stereocenters. The van der Waals surface area contributed by atoms with E-state index in [-0.39, 0.29) is 23.8 Å². The van der Waals surface area contributed by atoms with Gasteiger partial charge in [-0.3, -0.25) is 9.59 Å². The van der Waals surface area contributed by atoms with Gasteiger partial charge in [0.2, 0.25) is 11.8 Å². The molecule has 0 radical (unpaired) electrons. The summed E-state index contributed by atoms with van der Waals surface area (Å²) in [5.41, 5.74) is 5.17. The molecule has 19 heavy (non-hydrogen) atoms. The summed E-state index contributed by atoms with van der Waals surface area (Å²) in [6, 6.07) is -0.137. The lowest BCUT2D eigenvalue weighted by atomic mass is 10.0. The van der Waals surface area contributed by atoms with Crippen molar-refractivity contribution in [3.05, 3.63) is 0 Å². The van der Waals surface area contributed by atoms with Crippen molar-refractivity contribution in [2.45, 2.75) is 64.5 Å². The van der Waals surface area contributed by atoms with E-state index >= 15 is 0 Å². The molecule has 1 saturated carbocycles. The molecule has 110 valence electrons. The third-order valence-electron chi connectivity index (χ3n) is 3.59. The predicted molar refractivity (Wildman–Crippen MR) is 75.5 cm³/mol. The molecule has 5 nitrogen and oxygen atoms in total. The number of nitrogens with one attached hydrogen (secondary N) is 2. The molecule has 0 saturated heterocycles. The van der Waals surface area contributed by atoms with E-state index in [1.807, 2.05) is 20.8 Å². The fraction of sp³-hybridized carbons (Fsp3) is 0.857. The van der Waals surface area contributed by atoms with Crippen LogP contribution in [-0.4, -0.2) is 29.9 Å². The minimum absolute atomic E-state index is 0.0744. The van der Waals surface area contributed by atoms with Crippen LogP contribution in [0.3, 0.4) is 0 Å². The van der Waals surface area contributed by atoms with Crippen LogP contribution in [0.25, 0.3) is 0 Å². The fourth-order valence-electron chi connectivity index (χ4n) is 2.36. The van der Waals surface area contributed by atoms with E-state index in [4.69, 9.17) is 5.73 Å². The van der Waals surface area contributed by atoms with Gasteiger partial charge in [-0.15, -0.1) is 0 Å². The van der Waals surface area contributed by atoms with E-state index < -0.39 is 5.54 Å². The SMILES string of the molecule is CC(CC(=O)NC(C)(C)CN)NC(=O)C1CCCC1. The van der Waals surface area contributed by atoms with Crippen molar-refractivity contribution in [1.29, 1.82) is 0 Å². The van der Waals surface area contributed by atoms with Gasteiger partial charge in [0.25, 0.3) is 0 Å². The molecule has 0 aliphatic heterocycles. The van der Waals surface area contributed by atoms with Gasteiger partial charge in [-0.2, -0.15) is 0 Å². The lowest BCUT2D eigenvalue weighted by Crippen LogP contribution is -2.50. The Morgan fingerprint density at radius 1 is 1.32 bits per heavy atom. The van der Waals surface area contributed by atoms with Crippen LogP contribution in [0.1, 0.15) is 52.9 Å². The molecule has 1 aliphatic rings. The minimum Gasteiger partial charge on any atom is -0.353 e. The van der Waals surface area contributed by atoms with E-state index in [0.29, 0.717) is 13.0 Å². The summed E-state index contributed by atoms with van der Waals surface area (Å²) in [7, 11) is 0. The highest BCUT2D eigenvalue weighted by molar-refractivity contribution is 5.81. The second-order valence-electron chi connectivity index (χ2n) is 6.23. The first-order chi connectivity index (χ1) is 8.84. The minimum atomic E-state index is -0.397. The molecule has 1 fully saturated rings. The van der Waals surface area contributed by atoms with Gasteiger partial charge in [0.1, 0.15) is 0 Å².